The van der Waals surface area contributed by atoms with Crippen LogP contribution in [0.3, 0.4) is 0 Å². The molecule has 2 fully saturated rings. The van der Waals surface area contributed by atoms with Crippen molar-refractivity contribution in [1.82, 2.24) is 9.47 Å². The van der Waals surface area contributed by atoms with Crippen molar-refractivity contribution in [2.75, 3.05) is 26.8 Å². The molecular weight excluding hydrogens is 456 g/mol. The van der Waals surface area contributed by atoms with Crippen LogP contribution in [0.25, 0.3) is 11.3 Å². The number of carbonyl (C=O) groups excluding carboxylic acids is 1. The third-order valence-corrected chi connectivity index (χ3v) is 8.59. The normalized spacial score (nSPS) is 18.5. The van der Waals surface area contributed by atoms with Gasteiger partial charge in [-0.15, -0.1) is 0 Å². The van der Waals surface area contributed by atoms with Gasteiger partial charge in [-0.1, -0.05) is 73.8 Å². The van der Waals surface area contributed by atoms with Gasteiger partial charge in [0.2, 0.25) is 0 Å². The molecule has 4 nitrogen and oxygen atoms in total. The standard InChI is InChI=1S/C33H50N2O2/c1-23-28(30(36)34(9)20-33(8)21-37-22-33)18-29(35(23)19-24-13-11-10-12-14-24)25-15-26(31(2,3)4)17-27(16-25)32(5,6)7/h15-18,24H,10-14,19-22H2,1-9H3. The lowest BCUT2D eigenvalue weighted by molar-refractivity contribution is -0.109. The van der Waals surface area contributed by atoms with E-state index in [1.54, 1.807) is 0 Å². The number of amides is 1. The molecule has 204 valence electrons. The highest BCUT2D eigenvalue weighted by molar-refractivity contribution is 5.97. The maximum absolute atomic E-state index is 13.8. The van der Waals surface area contributed by atoms with Gasteiger partial charge in [0.05, 0.1) is 18.8 Å². The first kappa shape index (κ1) is 28.0. The summed E-state index contributed by atoms with van der Waals surface area (Å²) in [6.07, 6.45) is 6.57. The van der Waals surface area contributed by atoms with E-state index in [-0.39, 0.29) is 22.2 Å². The van der Waals surface area contributed by atoms with E-state index in [1.165, 1.54) is 54.5 Å². The van der Waals surface area contributed by atoms with Crippen LogP contribution in [0.15, 0.2) is 24.3 Å². The monoisotopic (exact) mass is 506 g/mol. The quantitative estimate of drug-likeness (QED) is 0.401. The van der Waals surface area contributed by atoms with Crippen LogP contribution in [0.2, 0.25) is 0 Å². The fraction of sp³-hybridized carbons (Fsp3) is 0.667. The molecule has 0 bridgehead atoms. The van der Waals surface area contributed by atoms with E-state index in [9.17, 15) is 4.79 Å². The molecule has 1 aliphatic heterocycles. The molecule has 4 heteroatoms. The maximum Gasteiger partial charge on any atom is 0.255 e. The van der Waals surface area contributed by atoms with Crippen molar-refractivity contribution in [2.45, 2.75) is 105 Å². The zero-order valence-corrected chi connectivity index (χ0v) is 25.0. The molecule has 1 aromatic heterocycles. The van der Waals surface area contributed by atoms with E-state index in [2.05, 4.69) is 84.2 Å². The number of hydrogen-bond donors (Lipinski definition) is 0. The smallest absolute Gasteiger partial charge is 0.255 e. The lowest BCUT2D eigenvalue weighted by Crippen LogP contribution is -2.49. The molecule has 2 aliphatic rings. The Morgan fingerprint density at radius 1 is 0.973 bits per heavy atom. The van der Waals surface area contributed by atoms with Gasteiger partial charge in [0, 0.05) is 36.9 Å². The van der Waals surface area contributed by atoms with Crippen molar-refractivity contribution in [1.29, 1.82) is 0 Å². The van der Waals surface area contributed by atoms with Crippen molar-refractivity contribution in [3.05, 3.63) is 46.6 Å². The molecule has 0 N–H and O–H groups in total. The summed E-state index contributed by atoms with van der Waals surface area (Å²) in [5.74, 6) is 0.801. The van der Waals surface area contributed by atoms with Gasteiger partial charge in [0.25, 0.3) is 5.91 Å². The summed E-state index contributed by atoms with van der Waals surface area (Å²) in [7, 11) is 1.95. The summed E-state index contributed by atoms with van der Waals surface area (Å²) in [5, 5.41) is 0. The number of hydrogen-bond acceptors (Lipinski definition) is 2. The number of ether oxygens (including phenoxy) is 1. The highest BCUT2D eigenvalue weighted by Crippen LogP contribution is 2.37. The predicted molar refractivity (Wildman–Crippen MR) is 154 cm³/mol. The fourth-order valence-electron chi connectivity index (χ4n) is 6.00. The first-order valence-electron chi connectivity index (χ1n) is 14.4. The van der Waals surface area contributed by atoms with Gasteiger partial charge in [-0.2, -0.15) is 0 Å². The summed E-state index contributed by atoms with van der Waals surface area (Å²) in [6, 6.07) is 9.30. The van der Waals surface area contributed by atoms with E-state index < -0.39 is 0 Å². The third-order valence-electron chi connectivity index (χ3n) is 8.59. The van der Waals surface area contributed by atoms with Crippen LogP contribution in [0.1, 0.15) is 108 Å². The third kappa shape index (κ3) is 6.16. The molecule has 0 atom stereocenters. The average molecular weight is 507 g/mol. The van der Waals surface area contributed by atoms with Gasteiger partial charge in [0.15, 0.2) is 0 Å². The SMILES string of the molecule is Cc1c(C(=O)N(C)CC2(C)COC2)cc(-c2cc(C(C)(C)C)cc(C(C)(C)C)c2)n1CC1CCCCC1. The van der Waals surface area contributed by atoms with Gasteiger partial charge in [-0.25, -0.2) is 0 Å². The highest BCUT2D eigenvalue weighted by atomic mass is 16.5. The Balaban J connectivity index is 1.80. The molecule has 1 saturated carbocycles. The zero-order valence-electron chi connectivity index (χ0n) is 25.0. The lowest BCUT2D eigenvalue weighted by Gasteiger charge is -2.40. The number of carbonyl (C=O) groups is 1. The molecule has 37 heavy (non-hydrogen) atoms. The average Bonchev–Trinajstić information content (AvgIpc) is 3.12. The Hall–Kier alpha value is -2.07. The number of nitrogens with zero attached hydrogens (tertiary/aromatic N) is 2. The van der Waals surface area contributed by atoms with E-state index in [4.69, 9.17) is 4.74 Å². The first-order chi connectivity index (χ1) is 17.2. The van der Waals surface area contributed by atoms with Crippen LogP contribution >= 0.6 is 0 Å². The van der Waals surface area contributed by atoms with Gasteiger partial charge in [0.1, 0.15) is 0 Å². The second-order valence-corrected chi connectivity index (χ2v) is 14.4. The summed E-state index contributed by atoms with van der Waals surface area (Å²) in [4.78, 5) is 15.7. The highest BCUT2D eigenvalue weighted by Gasteiger charge is 2.36. The second kappa shape index (κ2) is 10.2. The summed E-state index contributed by atoms with van der Waals surface area (Å²) >= 11 is 0. The Morgan fingerprint density at radius 2 is 1.54 bits per heavy atom. The summed E-state index contributed by atoms with van der Waals surface area (Å²) in [5.41, 5.74) is 7.22. The maximum atomic E-state index is 13.8. The topological polar surface area (TPSA) is 34.5 Å². The minimum atomic E-state index is 0.0466. The molecule has 2 aromatic rings. The van der Waals surface area contributed by atoms with Crippen LogP contribution in [0, 0.1) is 18.3 Å². The van der Waals surface area contributed by atoms with Gasteiger partial charge >= 0.3 is 0 Å². The van der Waals surface area contributed by atoms with Crippen LogP contribution in [0.4, 0.5) is 0 Å². The fourth-order valence-corrected chi connectivity index (χ4v) is 6.00. The Kier molecular flexibility index (Phi) is 7.74. The summed E-state index contributed by atoms with van der Waals surface area (Å²) < 4.78 is 7.92. The number of benzene rings is 1. The zero-order chi connectivity index (χ0) is 27.2. The van der Waals surface area contributed by atoms with Crippen LogP contribution in [-0.4, -0.2) is 42.2 Å². The van der Waals surface area contributed by atoms with Crippen molar-refractivity contribution in [2.24, 2.45) is 11.3 Å². The molecule has 1 aliphatic carbocycles. The molecule has 0 spiro atoms. The summed E-state index contributed by atoms with van der Waals surface area (Å²) in [6.45, 7) is 21.3. The Bertz CT molecular complexity index is 1090. The van der Waals surface area contributed by atoms with Crippen LogP contribution in [-0.2, 0) is 22.1 Å². The lowest BCUT2D eigenvalue weighted by atomic mass is 9.79. The minimum Gasteiger partial charge on any atom is -0.380 e. The van der Waals surface area contributed by atoms with Crippen LogP contribution < -0.4 is 0 Å². The van der Waals surface area contributed by atoms with E-state index in [1.807, 2.05) is 11.9 Å². The molecular formula is C33H50N2O2. The van der Waals surface area contributed by atoms with Crippen molar-refractivity contribution < 1.29 is 9.53 Å². The molecule has 1 amide bonds. The van der Waals surface area contributed by atoms with Gasteiger partial charge < -0.3 is 14.2 Å². The predicted octanol–water partition coefficient (Wildman–Crippen LogP) is 7.75. The Labute approximate surface area is 225 Å². The first-order valence-corrected chi connectivity index (χ1v) is 14.4. The van der Waals surface area contributed by atoms with Crippen molar-refractivity contribution in [3.8, 4) is 11.3 Å². The van der Waals surface area contributed by atoms with E-state index >= 15 is 0 Å². The van der Waals surface area contributed by atoms with Crippen molar-refractivity contribution in [3.63, 3.8) is 0 Å². The molecule has 2 heterocycles. The molecule has 0 radical (unpaired) electrons. The molecule has 0 unspecified atom stereocenters. The molecule has 1 saturated heterocycles. The second-order valence-electron chi connectivity index (χ2n) is 14.4. The van der Waals surface area contributed by atoms with Gasteiger partial charge in [-0.05, 0) is 71.4 Å². The minimum absolute atomic E-state index is 0.0466. The molecule has 1 aromatic carbocycles. The van der Waals surface area contributed by atoms with Crippen molar-refractivity contribution >= 4 is 5.91 Å². The molecule has 4 rings (SSSR count). The van der Waals surface area contributed by atoms with Gasteiger partial charge in [-0.3, -0.25) is 4.79 Å². The largest absolute Gasteiger partial charge is 0.380 e. The number of aromatic nitrogens is 1. The van der Waals surface area contributed by atoms with E-state index in [0.29, 0.717) is 5.92 Å². The number of rotatable bonds is 6. The van der Waals surface area contributed by atoms with Crippen LogP contribution in [0.5, 0.6) is 0 Å². The van der Waals surface area contributed by atoms with E-state index in [0.717, 1.165) is 37.6 Å². The Morgan fingerprint density at radius 3 is 2.03 bits per heavy atom.